The zero-order valence-corrected chi connectivity index (χ0v) is 16.9. The number of aryl methyl sites for hydroxylation is 2. The molecular formula is C23H26N4O2. The van der Waals surface area contributed by atoms with Gasteiger partial charge in [-0.25, -0.2) is 14.5 Å². The molecule has 1 saturated heterocycles. The highest BCUT2D eigenvalue weighted by atomic mass is 16.2. The van der Waals surface area contributed by atoms with Crippen LogP contribution in [0.5, 0.6) is 0 Å². The van der Waals surface area contributed by atoms with Crippen molar-refractivity contribution in [2.45, 2.75) is 33.1 Å². The molecule has 0 atom stereocenters. The number of likely N-dealkylation sites (tertiary alicyclic amines) is 1. The van der Waals surface area contributed by atoms with Crippen LogP contribution in [0.25, 0.3) is 5.69 Å². The SMILES string of the molecule is Cc1cccc(C(=O)N2CCC(Cc3n[nH]c(=O)n3-c3ccccc3C)CC2)c1. The number of hydrogen-bond donors (Lipinski definition) is 1. The molecule has 1 aliphatic heterocycles. The molecule has 4 rings (SSSR count). The van der Waals surface area contributed by atoms with Gasteiger partial charge in [0.2, 0.25) is 0 Å². The Morgan fingerprint density at radius 3 is 2.59 bits per heavy atom. The third-order valence-corrected chi connectivity index (χ3v) is 5.74. The molecule has 2 aromatic carbocycles. The van der Waals surface area contributed by atoms with Gasteiger partial charge >= 0.3 is 5.69 Å². The maximum absolute atomic E-state index is 12.8. The van der Waals surface area contributed by atoms with Crippen LogP contribution in [0.3, 0.4) is 0 Å². The van der Waals surface area contributed by atoms with E-state index in [4.69, 9.17) is 0 Å². The van der Waals surface area contributed by atoms with E-state index in [1.54, 1.807) is 4.57 Å². The van der Waals surface area contributed by atoms with Gasteiger partial charge in [-0.2, -0.15) is 5.10 Å². The zero-order valence-electron chi connectivity index (χ0n) is 16.9. The maximum Gasteiger partial charge on any atom is 0.347 e. The molecule has 0 unspecified atom stereocenters. The molecule has 2 heterocycles. The predicted molar refractivity (Wildman–Crippen MR) is 112 cm³/mol. The van der Waals surface area contributed by atoms with Crippen molar-refractivity contribution in [2.75, 3.05) is 13.1 Å². The second kappa shape index (κ2) is 8.07. The minimum Gasteiger partial charge on any atom is -0.339 e. The molecule has 0 bridgehead atoms. The van der Waals surface area contributed by atoms with Gasteiger partial charge in [0.15, 0.2) is 0 Å². The van der Waals surface area contributed by atoms with Crippen molar-refractivity contribution in [3.63, 3.8) is 0 Å². The van der Waals surface area contributed by atoms with E-state index in [9.17, 15) is 9.59 Å². The number of para-hydroxylation sites is 1. The Balaban J connectivity index is 1.44. The molecule has 0 radical (unpaired) electrons. The van der Waals surface area contributed by atoms with Crippen LogP contribution >= 0.6 is 0 Å². The average Bonchev–Trinajstić information content (AvgIpc) is 3.08. The fourth-order valence-corrected chi connectivity index (χ4v) is 4.09. The van der Waals surface area contributed by atoms with Crippen molar-refractivity contribution in [1.29, 1.82) is 0 Å². The first-order valence-electron chi connectivity index (χ1n) is 10.1. The van der Waals surface area contributed by atoms with Crippen LogP contribution in [0.4, 0.5) is 0 Å². The second-order valence-corrected chi connectivity index (χ2v) is 7.88. The predicted octanol–water partition coefficient (Wildman–Crippen LogP) is 3.27. The lowest BCUT2D eigenvalue weighted by atomic mass is 9.92. The number of nitrogens with zero attached hydrogens (tertiary/aromatic N) is 3. The van der Waals surface area contributed by atoms with E-state index < -0.39 is 0 Å². The molecule has 0 aliphatic carbocycles. The van der Waals surface area contributed by atoms with Crippen LogP contribution in [0.2, 0.25) is 0 Å². The molecule has 1 N–H and O–H groups in total. The van der Waals surface area contributed by atoms with Crippen LogP contribution in [0, 0.1) is 19.8 Å². The average molecular weight is 390 g/mol. The summed E-state index contributed by atoms with van der Waals surface area (Å²) in [7, 11) is 0. The van der Waals surface area contributed by atoms with Gasteiger partial charge < -0.3 is 4.90 Å². The Labute approximate surface area is 170 Å². The summed E-state index contributed by atoms with van der Waals surface area (Å²) in [5.74, 6) is 1.26. The number of rotatable bonds is 4. The van der Waals surface area contributed by atoms with E-state index in [-0.39, 0.29) is 11.6 Å². The highest BCUT2D eigenvalue weighted by molar-refractivity contribution is 5.94. The first-order chi connectivity index (χ1) is 14.0. The van der Waals surface area contributed by atoms with Crippen LogP contribution in [0.1, 0.15) is 40.2 Å². The number of carbonyl (C=O) groups excluding carboxylic acids is 1. The van der Waals surface area contributed by atoms with Crippen molar-refractivity contribution in [2.24, 2.45) is 5.92 Å². The number of H-pyrrole nitrogens is 1. The normalized spacial score (nSPS) is 14.9. The Bertz CT molecular complexity index is 1070. The quantitative estimate of drug-likeness (QED) is 0.743. The summed E-state index contributed by atoms with van der Waals surface area (Å²) in [5, 5.41) is 6.88. The number of benzene rings is 2. The number of piperidine rings is 1. The zero-order chi connectivity index (χ0) is 20.4. The molecule has 1 amide bonds. The molecule has 1 aliphatic rings. The van der Waals surface area contributed by atoms with Crippen molar-refractivity contribution < 1.29 is 4.79 Å². The third-order valence-electron chi connectivity index (χ3n) is 5.74. The molecular weight excluding hydrogens is 364 g/mol. The van der Waals surface area contributed by atoms with Crippen LogP contribution in [-0.4, -0.2) is 38.7 Å². The van der Waals surface area contributed by atoms with Gasteiger partial charge in [0.1, 0.15) is 5.82 Å². The number of amides is 1. The van der Waals surface area contributed by atoms with Gasteiger partial charge in [0.05, 0.1) is 5.69 Å². The van der Waals surface area contributed by atoms with Crippen molar-refractivity contribution >= 4 is 5.91 Å². The van der Waals surface area contributed by atoms with E-state index in [0.29, 0.717) is 5.92 Å². The van der Waals surface area contributed by atoms with E-state index in [1.807, 2.05) is 67.3 Å². The number of aromatic amines is 1. The van der Waals surface area contributed by atoms with E-state index in [0.717, 1.165) is 60.6 Å². The lowest BCUT2D eigenvalue weighted by Crippen LogP contribution is -2.39. The topological polar surface area (TPSA) is 71.0 Å². The standard InChI is InChI=1S/C23H26N4O2/c1-16-6-5-8-19(14-16)22(28)26-12-10-18(11-13-26)15-21-24-25-23(29)27(21)20-9-4-3-7-17(20)2/h3-9,14,18H,10-13,15H2,1-2H3,(H,25,29). The summed E-state index contributed by atoms with van der Waals surface area (Å²) < 4.78 is 1.68. The lowest BCUT2D eigenvalue weighted by molar-refractivity contribution is 0.0689. The van der Waals surface area contributed by atoms with Crippen LogP contribution < -0.4 is 5.69 Å². The van der Waals surface area contributed by atoms with E-state index in [1.165, 1.54) is 0 Å². The summed E-state index contributed by atoms with van der Waals surface area (Å²) in [4.78, 5) is 27.0. The van der Waals surface area contributed by atoms with Crippen molar-refractivity contribution in [3.8, 4) is 5.69 Å². The highest BCUT2D eigenvalue weighted by Gasteiger charge is 2.25. The molecule has 6 heteroatoms. The van der Waals surface area contributed by atoms with Crippen LogP contribution in [-0.2, 0) is 6.42 Å². The summed E-state index contributed by atoms with van der Waals surface area (Å²) in [5.41, 5.74) is 3.55. The van der Waals surface area contributed by atoms with Gasteiger partial charge in [-0.15, -0.1) is 0 Å². The maximum atomic E-state index is 12.8. The molecule has 1 fully saturated rings. The Morgan fingerprint density at radius 2 is 1.86 bits per heavy atom. The lowest BCUT2D eigenvalue weighted by Gasteiger charge is -2.32. The second-order valence-electron chi connectivity index (χ2n) is 7.88. The van der Waals surface area contributed by atoms with Crippen molar-refractivity contribution in [1.82, 2.24) is 19.7 Å². The summed E-state index contributed by atoms with van der Waals surface area (Å²) in [6.45, 7) is 5.46. The first kappa shape index (κ1) is 19.2. The van der Waals surface area contributed by atoms with Gasteiger partial charge in [-0.05, 0) is 56.4 Å². The molecule has 3 aromatic rings. The number of nitrogens with one attached hydrogen (secondary N) is 1. The summed E-state index contributed by atoms with van der Waals surface area (Å²) in [6, 6.07) is 15.6. The number of carbonyl (C=O) groups is 1. The first-order valence-corrected chi connectivity index (χ1v) is 10.1. The number of hydrogen-bond acceptors (Lipinski definition) is 3. The Morgan fingerprint density at radius 1 is 1.10 bits per heavy atom. The minimum atomic E-state index is -0.207. The number of aromatic nitrogens is 3. The van der Waals surface area contributed by atoms with Gasteiger partial charge in [-0.1, -0.05) is 35.9 Å². The minimum absolute atomic E-state index is 0.101. The smallest absolute Gasteiger partial charge is 0.339 e. The van der Waals surface area contributed by atoms with Crippen molar-refractivity contribution in [3.05, 3.63) is 81.5 Å². The van der Waals surface area contributed by atoms with E-state index >= 15 is 0 Å². The van der Waals surface area contributed by atoms with Gasteiger partial charge in [0, 0.05) is 25.1 Å². The molecule has 150 valence electrons. The van der Waals surface area contributed by atoms with E-state index in [2.05, 4.69) is 10.2 Å². The third kappa shape index (κ3) is 4.01. The van der Waals surface area contributed by atoms with Crippen LogP contribution in [0.15, 0.2) is 53.3 Å². The Hall–Kier alpha value is -3.15. The highest BCUT2D eigenvalue weighted by Crippen LogP contribution is 2.23. The fraction of sp³-hybridized carbons (Fsp3) is 0.348. The monoisotopic (exact) mass is 390 g/mol. The summed E-state index contributed by atoms with van der Waals surface area (Å²) >= 11 is 0. The van der Waals surface area contributed by atoms with Gasteiger partial charge in [-0.3, -0.25) is 4.79 Å². The largest absolute Gasteiger partial charge is 0.347 e. The summed E-state index contributed by atoms with van der Waals surface area (Å²) in [6.07, 6.45) is 2.54. The molecule has 0 spiro atoms. The molecule has 29 heavy (non-hydrogen) atoms. The fourth-order valence-electron chi connectivity index (χ4n) is 4.09. The molecule has 6 nitrogen and oxygen atoms in total. The molecule has 1 aromatic heterocycles. The van der Waals surface area contributed by atoms with Gasteiger partial charge in [0.25, 0.3) is 5.91 Å². The Kier molecular flexibility index (Phi) is 5.34. The molecule has 0 saturated carbocycles.